The second kappa shape index (κ2) is 6.26. The number of rotatable bonds is 5. The number of carbonyl (C=O) groups is 2. The molecule has 22 heavy (non-hydrogen) atoms. The average molecular weight is 304 g/mol. The van der Waals surface area contributed by atoms with Crippen LogP contribution in [-0.4, -0.2) is 32.1 Å². The summed E-state index contributed by atoms with van der Waals surface area (Å²) >= 11 is 0. The van der Waals surface area contributed by atoms with Gasteiger partial charge in [-0.15, -0.1) is 5.10 Å². The normalized spacial score (nSPS) is 10.5. The Balaban J connectivity index is 2.09. The highest BCUT2D eigenvalue weighted by Gasteiger charge is 2.12. The molecule has 1 amide bonds. The van der Waals surface area contributed by atoms with Crippen LogP contribution in [0.15, 0.2) is 40.8 Å². The second-order valence-electron chi connectivity index (χ2n) is 3.88. The highest BCUT2D eigenvalue weighted by molar-refractivity contribution is 6.01. The van der Waals surface area contributed by atoms with E-state index in [4.69, 9.17) is 9.52 Å². The van der Waals surface area contributed by atoms with Gasteiger partial charge in [-0.2, -0.15) is 0 Å². The van der Waals surface area contributed by atoms with Gasteiger partial charge in [-0.05, 0) is 12.1 Å². The zero-order valence-electron chi connectivity index (χ0n) is 10.8. The highest BCUT2D eigenvalue weighted by Crippen LogP contribution is 2.22. The maximum Gasteiger partial charge on any atom is 0.328 e. The third-order valence-electron chi connectivity index (χ3n) is 2.36. The standard InChI is InChI=1S/C12H8N4O6/c17-9(5-6-10(18)19)13-12-15-14-11(22-12)7-1-3-8(4-2-7)16(20)21/h1-6H,(H,18,19)(H,13,15,17)/b6-5-. The van der Waals surface area contributed by atoms with E-state index in [-0.39, 0.29) is 17.6 Å². The molecule has 0 aliphatic rings. The Morgan fingerprint density at radius 2 is 1.91 bits per heavy atom. The lowest BCUT2D eigenvalue weighted by Crippen LogP contribution is -2.08. The molecule has 0 bridgehead atoms. The van der Waals surface area contributed by atoms with Crippen LogP contribution in [0.1, 0.15) is 0 Å². The average Bonchev–Trinajstić information content (AvgIpc) is 2.93. The smallest absolute Gasteiger partial charge is 0.328 e. The first-order valence-electron chi connectivity index (χ1n) is 5.76. The first-order chi connectivity index (χ1) is 10.5. The Morgan fingerprint density at radius 1 is 1.23 bits per heavy atom. The van der Waals surface area contributed by atoms with Gasteiger partial charge in [0.15, 0.2) is 0 Å². The van der Waals surface area contributed by atoms with Crippen LogP contribution in [0.2, 0.25) is 0 Å². The van der Waals surface area contributed by atoms with Gasteiger partial charge in [0.05, 0.1) is 4.92 Å². The summed E-state index contributed by atoms with van der Waals surface area (Å²) in [5, 5.41) is 28.3. The van der Waals surface area contributed by atoms with E-state index in [0.717, 1.165) is 6.08 Å². The number of nitrogens with zero attached hydrogens (tertiary/aromatic N) is 3. The third-order valence-corrected chi connectivity index (χ3v) is 2.36. The number of carboxylic acid groups (broad SMARTS) is 1. The molecule has 0 atom stereocenters. The molecule has 2 N–H and O–H groups in total. The maximum atomic E-state index is 11.3. The Labute approximate surface area is 122 Å². The summed E-state index contributed by atoms with van der Waals surface area (Å²) in [5.41, 5.74) is 0.343. The van der Waals surface area contributed by atoms with Crippen molar-refractivity contribution >= 4 is 23.6 Å². The first-order valence-corrected chi connectivity index (χ1v) is 5.76. The zero-order valence-corrected chi connectivity index (χ0v) is 10.8. The van der Waals surface area contributed by atoms with E-state index in [1.54, 1.807) is 0 Å². The Kier molecular flexibility index (Phi) is 4.22. The summed E-state index contributed by atoms with van der Waals surface area (Å²) in [4.78, 5) is 31.6. The molecule has 0 fully saturated rings. The molecule has 1 aromatic carbocycles. The van der Waals surface area contributed by atoms with Crippen LogP contribution in [0.4, 0.5) is 11.7 Å². The molecule has 0 aliphatic heterocycles. The number of aliphatic carboxylic acids is 1. The number of carbonyl (C=O) groups excluding carboxylic acids is 1. The van der Waals surface area contributed by atoms with Crippen molar-refractivity contribution in [2.75, 3.05) is 5.32 Å². The second-order valence-corrected chi connectivity index (χ2v) is 3.88. The van der Waals surface area contributed by atoms with Gasteiger partial charge in [0.25, 0.3) is 11.6 Å². The van der Waals surface area contributed by atoms with Gasteiger partial charge in [0.1, 0.15) is 0 Å². The van der Waals surface area contributed by atoms with Gasteiger partial charge in [0, 0.05) is 29.8 Å². The molecule has 1 aromatic heterocycles. The van der Waals surface area contributed by atoms with E-state index < -0.39 is 16.8 Å². The van der Waals surface area contributed by atoms with Crippen LogP contribution in [-0.2, 0) is 9.59 Å². The Hall–Kier alpha value is -3.56. The number of benzene rings is 1. The van der Waals surface area contributed by atoms with Crippen molar-refractivity contribution < 1.29 is 24.0 Å². The predicted octanol–water partition coefficient (Wildman–Crippen LogP) is 1.22. The van der Waals surface area contributed by atoms with Crippen LogP contribution in [0, 0.1) is 10.1 Å². The van der Waals surface area contributed by atoms with Crippen molar-refractivity contribution in [3.05, 3.63) is 46.5 Å². The lowest BCUT2D eigenvalue weighted by molar-refractivity contribution is -0.384. The molecule has 2 rings (SSSR count). The molecule has 0 saturated heterocycles. The lowest BCUT2D eigenvalue weighted by Gasteiger charge is -1.95. The monoisotopic (exact) mass is 304 g/mol. The Bertz CT molecular complexity index is 749. The van der Waals surface area contributed by atoms with Gasteiger partial charge in [-0.1, -0.05) is 5.10 Å². The predicted molar refractivity (Wildman–Crippen MR) is 71.8 cm³/mol. The number of aromatic nitrogens is 2. The van der Waals surface area contributed by atoms with E-state index in [1.807, 2.05) is 0 Å². The van der Waals surface area contributed by atoms with Crippen molar-refractivity contribution in [3.8, 4) is 11.5 Å². The number of hydrogen-bond acceptors (Lipinski definition) is 7. The number of carboxylic acids is 1. The van der Waals surface area contributed by atoms with E-state index in [2.05, 4.69) is 15.5 Å². The van der Waals surface area contributed by atoms with Crippen LogP contribution < -0.4 is 5.32 Å². The third kappa shape index (κ3) is 3.72. The molecule has 2 aromatic rings. The van der Waals surface area contributed by atoms with E-state index in [0.29, 0.717) is 11.6 Å². The number of amides is 1. The number of nitrogens with one attached hydrogen (secondary N) is 1. The molecule has 0 unspecified atom stereocenters. The van der Waals surface area contributed by atoms with Crippen molar-refractivity contribution in [3.63, 3.8) is 0 Å². The molecule has 0 radical (unpaired) electrons. The molecule has 0 aliphatic carbocycles. The Morgan fingerprint density at radius 3 is 2.50 bits per heavy atom. The number of hydrogen-bond donors (Lipinski definition) is 2. The van der Waals surface area contributed by atoms with Crippen LogP contribution in [0.3, 0.4) is 0 Å². The highest BCUT2D eigenvalue weighted by atomic mass is 16.6. The summed E-state index contributed by atoms with van der Waals surface area (Å²) < 4.78 is 5.14. The fourth-order valence-electron chi connectivity index (χ4n) is 1.41. The lowest BCUT2D eigenvalue weighted by atomic mass is 10.2. The molecule has 0 spiro atoms. The fourth-order valence-corrected chi connectivity index (χ4v) is 1.41. The number of anilines is 1. The molecule has 112 valence electrons. The minimum Gasteiger partial charge on any atom is -0.478 e. The van der Waals surface area contributed by atoms with E-state index in [9.17, 15) is 19.7 Å². The summed E-state index contributed by atoms with van der Waals surface area (Å²) in [6.07, 6.45) is 1.45. The molecular formula is C12H8N4O6. The van der Waals surface area contributed by atoms with Crippen molar-refractivity contribution in [1.29, 1.82) is 0 Å². The van der Waals surface area contributed by atoms with Gasteiger partial charge < -0.3 is 9.52 Å². The first kappa shape index (κ1) is 14.8. The van der Waals surface area contributed by atoms with Gasteiger partial charge in [-0.25, -0.2) is 4.79 Å². The quantitative estimate of drug-likeness (QED) is 0.475. The zero-order chi connectivity index (χ0) is 16.1. The number of nitro benzene ring substituents is 1. The van der Waals surface area contributed by atoms with E-state index in [1.165, 1.54) is 24.3 Å². The largest absolute Gasteiger partial charge is 0.478 e. The summed E-state index contributed by atoms with van der Waals surface area (Å²) in [6.45, 7) is 0. The van der Waals surface area contributed by atoms with Gasteiger partial charge in [0.2, 0.25) is 5.89 Å². The SMILES string of the molecule is O=C(O)/C=C\C(=O)Nc1nnc(-c2ccc([N+](=O)[O-])cc2)o1. The van der Waals surface area contributed by atoms with Crippen LogP contribution in [0.5, 0.6) is 0 Å². The molecule has 1 heterocycles. The van der Waals surface area contributed by atoms with Crippen LogP contribution in [0.25, 0.3) is 11.5 Å². The fraction of sp³-hybridized carbons (Fsp3) is 0. The van der Waals surface area contributed by atoms with Crippen LogP contribution >= 0.6 is 0 Å². The molecule has 10 nitrogen and oxygen atoms in total. The molecule has 0 saturated carbocycles. The number of non-ortho nitro benzene ring substituents is 1. The minimum absolute atomic E-state index is 0.0485. The summed E-state index contributed by atoms with van der Waals surface area (Å²) in [5.74, 6) is -1.97. The van der Waals surface area contributed by atoms with E-state index >= 15 is 0 Å². The molecular weight excluding hydrogens is 296 g/mol. The summed E-state index contributed by atoms with van der Waals surface area (Å²) in [7, 11) is 0. The van der Waals surface area contributed by atoms with Crippen molar-refractivity contribution in [1.82, 2.24) is 10.2 Å². The van der Waals surface area contributed by atoms with Crippen molar-refractivity contribution in [2.24, 2.45) is 0 Å². The molecule has 10 heteroatoms. The minimum atomic E-state index is -1.27. The number of nitro groups is 1. The van der Waals surface area contributed by atoms with Gasteiger partial charge >= 0.3 is 12.0 Å². The van der Waals surface area contributed by atoms with Gasteiger partial charge in [-0.3, -0.25) is 20.2 Å². The maximum absolute atomic E-state index is 11.3. The topological polar surface area (TPSA) is 148 Å². The van der Waals surface area contributed by atoms with Crippen molar-refractivity contribution in [2.45, 2.75) is 0 Å². The summed E-state index contributed by atoms with van der Waals surface area (Å²) in [6, 6.07) is 5.15.